The second-order valence-electron chi connectivity index (χ2n) is 4.97. The van der Waals surface area contributed by atoms with Crippen molar-refractivity contribution in [1.29, 1.82) is 0 Å². The molecular weight excluding hydrogens is 285 g/mol. The van der Waals surface area contributed by atoms with Gasteiger partial charge in [0.25, 0.3) is 5.91 Å². The predicted molar refractivity (Wildman–Crippen MR) is 81.6 cm³/mol. The quantitative estimate of drug-likeness (QED) is 0.945. The van der Waals surface area contributed by atoms with E-state index in [9.17, 15) is 9.18 Å². The molecule has 3 rings (SSSR count). The molecule has 0 bridgehead atoms. The van der Waals surface area contributed by atoms with Crippen LogP contribution in [0.3, 0.4) is 0 Å². The van der Waals surface area contributed by atoms with Gasteiger partial charge >= 0.3 is 0 Å². The number of halogens is 1. The third-order valence-corrected chi connectivity index (χ3v) is 3.45. The summed E-state index contributed by atoms with van der Waals surface area (Å²) in [6, 6.07) is 9.19. The Labute approximate surface area is 127 Å². The van der Waals surface area contributed by atoms with Crippen molar-refractivity contribution in [3.05, 3.63) is 54.0 Å². The molecule has 0 radical (unpaired) electrons. The summed E-state index contributed by atoms with van der Waals surface area (Å²) < 4.78 is 18.4. The number of morpholine rings is 1. The summed E-state index contributed by atoms with van der Waals surface area (Å²) in [5.74, 6) is -0.388. The van der Waals surface area contributed by atoms with Crippen molar-refractivity contribution >= 4 is 17.4 Å². The van der Waals surface area contributed by atoms with Crippen molar-refractivity contribution in [2.24, 2.45) is 0 Å². The first-order chi connectivity index (χ1) is 10.7. The van der Waals surface area contributed by atoms with Crippen molar-refractivity contribution in [2.75, 3.05) is 36.5 Å². The number of benzene rings is 1. The number of pyridine rings is 1. The summed E-state index contributed by atoms with van der Waals surface area (Å²) in [7, 11) is 0. The van der Waals surface area contributed by atoms with E-state index in [4.69, 9.17) is 4.74 Å². The Kier molecular flexibility index (Phi) is 4.29. The molecule has 1 aromatic heterocycles. The highest BCUT2D eigenvalue weighted by molar-refractivity contribution is 6.03. The maximum atomic E-state index is 13.1. The monoisotopic (exact) mass is 301 g/mol. The van der Waals surface area contributed by atoms with E-state index in [0.29, 0.717) is 19.0 Å². The smallest absolute Gasteiger partial charge is 0.256 e. The number of hydrogen-bond donors (Lipinski definition) is 1. The van der Waals surface area contributed by atoms with Crippen LogP contribution in [0, 0.1) is 5.82 Å². The van der Waals surface area contributed by atoms with Gasteiger partial charge in [-0.15, -0.1) is 0 Å². The summed E-state index contributed by atoms with van der Waals surface area (Å²) >= 11 is 0. The van der Waals surface area contributed by atoms with Crippen molar-refractivity contribution in [2.45, 2.75) is 0 Å². The molecule has 1 saturated heterocycles. The molecule has 1 amide bonds. The first-order valence-corrected chi connectivity index (χ1v) is 7.08. The minimum absolute atomic E-state index is 0.263. The van der Waals surface area contributed by atoms with Crippen molar-refractivity contribution in [3.63, 3.8) is 0 Å². The van der Waals surface area contributed by atoms with Crippen molar-refractivity contribution < 1.29 is 13.9 Å². The lowest BCUT2D eigenvalue weighted by Gasteiger charge is -2.28. The third-order valence-electron chi connectivity index (χ3n) is 3.45. The zero-order chi connectivity index (χ0) is 15.4. The van der Waals surface area contributed by atoms with Crippen LogP contribution in [0.1, 0.15) is 10.4 Å². The first-order valence-electron chi connectivity index (χ1n) is 7.08. The fourth-order valence-electron chi connectivity index (χ4n) is 2.29. The van der Waals surface area contributed by atoms with Gasteiger partial charge in [0.05, 0.1) is 25.1 Å². The van der Waals surface area contributed by atoms with Crippen molar-refractivity contribution in [3.8, 4) is 0 Å². The lowest BCUT2D eigenvalue weighted by Crippen LogP contribution is -2.36. The molecule has 1 N–H and O–H groups in total. The topological polar surface area (TPSA) is 54.5 Å². The molecule has 2 heterocycles. The lowest BCUT2D eigenvalue weighted by molar-refractivity contribution is 0.102. The summed E-state index contributed by atoms with van der Waals surface area (Å²) in [5.41, 5.74) is 1.26. The number of carbonyl (C=O) groups is 1. The van der Waals surface area contributed by atoms with Crippen LogP contribution in [-0.4, -0.2) is 37.2 Å². The Hall–Kier alpha value is -2.47. The number of nitrogens with one attached hydrogen (secondary N) is 1. The molecule has 0 unspecified atom stereocenters. The fourth-order valence-corrected chi connectivity index (χ4v) is 2.29. The first kappa shape index (κ1) is 14.5. The van der Waals surface area contributed by atoms with E-state index in [-0.39, 0.29) is 11.5 Å². The van der Waals surface area contributed by atoms with Crippen LogP contribution in [0.2, 0.25) is 0 Å². The zero-order valence-corrected chi connectivity index (χ0v) is 12.0. The summed E-state index contributed by atoms with van der Waals surface area (Å²) in [6.07, 6.45) is 1.71. The highest BCUT2D eigenvalue weighted by atomic mass is 19.1. The summed E-state index contributed by atoms with van der Waals surface area (Å²) in [4.78, 5) is 18.4. The van der Waals surface area contributed by atoms with Gasteiger partial charge in [0.15, 0.2) is 0 Å². The van der Waals surface area contributed by atoms with Crippen LogP contribution in [0.15, 0.2) is 42.6 Å². The average Bonchev–Trinajstić information content (AvgIpc) is 2.56. The molecule has 1 fully saturated rings. The molecule has 0 atom stereocenters. The van der Waals surface area contributed by atoms with Gasteiger partial charge in [-0.05, 0) is 30.3 Å². The molecule has 0 spiro atoms. The number of amides is 1. The van der Waals surface area contributed by atoms with Gasteiger partial charge in [0.1, 0.15) is 11.6 Å². The largest absolute Gasteiger partial charge is 0.378 e. The van der Waals surface area contributed by atoms with E-state index in [0.717, 1.165) is 18.8 Å². The number of aromatic nitrogens is 1. The van der Waals surface area contributed by atoms with E-state index < -0.39 is 5.82 Å². The molecule has 5 nitrogen and oxygen atoms in total. The van der Waals surface area contributed by atoms with Crippen LogP contribution >= 0.6 is 0 Å². The molecule has 1 aliphatic heterocycles. The molecular formula is C16H16FN3O2. The van der Waals surface area contributed by atoms with Crippen molar-refractivity contribution in [1.82, 2.24) is 4.98 Å². The molecule has 1 aromatic carbocycles. The van der Waals surface area contributed by atoms with Gasteiger partial charge in [0, 0.05) is 18.7 Å². The minimum atomic E-state index is -0.441. The number of anilines is 2. The Balaban J connectivity index is 1.66. The normalized spacial score (nSPS) is 14.7. The van der Waals surface area contributed by atoms with Crippen LogP contribution in [0.4, 0.5) is 15.9 Å². The Morgan fingerprint density at radius 3 is 2.73 bits per heavy atom. The predicted octanol–water partition coefficient (Wildman–Crippen LogP) is 2.31. The molecule has 0 saturated carbocycles. The highest BCUT2D eigenvalue weighted by Crippen LogP contribution is 2.17. The van der Waals surface area contributed by atoms with Crippen LogP contribution in [0.5, 0.6) is 0 Å². The second-order valence-corrected chi connectivity index (χ2v) is 4.97. The van der Waals surface area contributed by atoms with Gasteiger partial charge in [-0.2, -0.15) is 0 Å². The zero-order valence-electron chi connectivity index (χ0n) is 12.0. The van der Waals surface area contributed by atoms with E-state index >= 15 is 0 Å². The number of hydrogen-bond acceptors (Lipinski definition) is 4. The lowest BCUT2D eigenvalue weighted by atomic mass is 10.2. The van der Waals surface area contributed by atoms with E-state index in [1.165, 1.54) is 18.2 Å². The van der Waals surface area contributed by atoms with Gasteiger partial charge in [-0.1, -0.05) is 6.07 Å². The van der Waals surface area contributed by atoms with Gasteiger partial charge in [-0.25, -0.2) is 9.37 Å². The average molecular weight is 301 g/mol. The van der Waals surface area contributed by atoms with Gasteiger partial charge < -0.3 is 15.0 Å². The number of ether oxygens (including phenoxy) is 1. The molecule has 1 aliphatic rings. The van der Waals surface area contributed by atoms with E-state index in [1.54, 1.807) is 18.3 Å². The maximum Gasteiger partial charge on any atom is 0.256 e. The molecule has 2 aromatic rings. The number of nitrogens with zero attached hydrogens (tertiary/aromatic N) is 2. The Morgan fingerprint density at radius 1 is 1.23 bits per heavy atom. The summed E-state index contributed by atoms with van der Waals surface area (Å²) in [5, 5.41) is 2.66. The highest BCUT2D eigenvalue weighted by Gasteiger charge is 2.12. The van der Waals surface area contributed by atoms with Crippen LogP contribution in [-0.2, 0) is 4.74 Å². The van der Waals surface area contributed by atoms with Gasteiger partial charge in [0.2, 0.25) is 0 Å². The minimum Gasteiger partial charge on any atom is -0.378 e. The maximum absolute atomic E-state index is 13.1. The second kappa shape index (κ2) is 6.53. The molecule has 0 aliphatic carbocycles. The summed E-state index contributed by atoms with van der Waals surface area (Å²) in [6.45, 7) is 3.07. The molecule has 22 heavy (non-hydrogen) atoms. The van der Waals surface area contributed by atoms with Gasteiger partial charge in [-0.3, -0.25) is 4.79 Å². The van der Waals surface area contributed by atoms with Crippen LogP contribution < -0.4 is 10.2 Å². The SMILES string of the molecule is O=C(Nc1ccc(N2CCOCC2)cn1)c1cccc(F)c1. The fraction of sp³-hybridized carbons (Fsp3) is 0.250. The molecule has 6 heteroatoms. The standard InChI is InChI=1S/C16H16FN3O2/c17-13-3-1-2-12(10-13)16(21)19-15-5-4-14(11-18-15)20-6-8-22-9-7-20/h1-5,10-11H,6-9H2,(H,18,19,21). The number of carbonyl (C=O) groups excluding carboxylic acids is 1. The van der Waals surface area contributed by atoms with Crippen LogP contribution in [0.25, 0.3) is 0 Å². The Bertz CT molecular complexity index is 655. The third kappa shape index (κ3) is 3.40. The van der Waals surface area contributed by atoms with E-state index in [1.807, 2.05) is 6.07 Å². The van der Waals surface area contributed by atoms with E-state index in [2.05, 4.69) is 15.2 Å². The Morgan fingerprint density at radius 2 is 2.05 bits per heavy atom. The molecule has 114 valence electrons. The number of rotatable bonds is 3.